The maximum Gasteiger partial charge on any atom is 0.271 e. The highest BCUT2D eigenvalue weighted by molar-refractivity contribution is 6.40. The summed E-state index contributed by atoms with van der Waals surface area (Å²) in [6, 6.07) is 13.0. The largest absolute Gasteiger partial charge is 0.497 e. The molecule has 1 amide bonds. The van der Waals surface area contributed by atoms with E-state index in [-0.39, 0.29) is 11.9 Å². The number of hydrogen-bond donors (Lipinski definition) is 1. The number of rotatable bonds is 5. The van der Waals surface area contributed by atoms with Gasteiger partial charge in [-0.05, 0) is 79.8 Å². The molecule has 5 nitrogen and oxygen atoms in total. The van der Waals surface area contributed by atoms with Crippen LogP contribution in [0.3, 0.4) is 0 Å². The number of amides is 1. The standard InChI is InChI=1S/C27H29Cl2N3O2/c1-34-22-10-7-19(8-11-22)26-16-24(31-32(26)25-12-9-20(28)15-23(25)29)27(33)30-21-4-2-3-17-5-6-18(13-17)14-21/h4,7-12,15,17-18,26H,2-3,5-6,13-14,16H2,1H3,(H,30,33)/b21-4+. The molecule has 34 heavy (non-hydrogen) atoms. The van der Waals surface area contributed by atoms with Gasteiger partial charge < -0.3 is 10.1 Å². The van der Waals surface area contributed by atoms with Crippen LogP contribution in [0.1, 0.15) is 56.6 Å². The highest BCUT2D eigenvalue weighted by Crippen LogP contribution is 2.41. The lowest BCUT2D eigenvalue weighted by Crippen LogP contribution is -2.30. The number of ether oxygens (including phenoxy) is 1. The zero-order valence-electron chi connectivity index (χ0n) is 19.3. The topological polar surface area (TPSA) is 53.9 Å². The van der Waals surface area contributed by atoms with Crippen LogP contribution in [-0.4, -0.2) is 18.7 Å². The molecule has 1 fully saturated rings. The van der Waals surface area contributed by atoms with E-state index in [4.69, 9.17) is 33.0 Å². The van der Waals surface area contributed by atoms with Gasteiger partial charge in [-0.1, -0.05) is 47.8 Å². The molecule has 3 unspecified atom stereocenters. The molecule has 0 spiro atoms. The summed E-state index contributed by atoms with van der Waals surface area (Å²) in [7, 11) is 1.64. The summed E-state index contributed by atoms with van der Waals surface area (Å²) < 4.78 is 5.31. The Balaban J connectivity index is 1.40. The number of hydrogen-bond acceptors (Lipinski definition) is 4. The predicted molar refractivity (Wildman–Crippen MR) is 138 cm³/mol. The van der Waals surface area contributed by atoms with Gasteiger partial charge in [0, 0.05) is 17.1 Å². The monoisotopic (exact) mass is 497 g/mol. The Bertz CT molecular complexity index is 1130. The number of hydrazone groups is 1. The van der Waals surface area contributed by atoms with Gasteiger partial charge in [0.05, 0.1) is 23.9 Å². The molecule has 5 rings (SSSR count). The van der Waals surface area contributed by atoms with Crippen LogP contribution in [0.4, 0.5) is 5.69 Å². The molecule has 2 aromatic rings. The zero-order chi connectivity index (χ0) is 23.7. The molecule has 3 aliphatic rings. The number of benzene rings is 2. The minimum atomic E-state index is -0.160. The van der Waals surface area contributed by atoms with Crippen LogP contribution in [0.25, 0.3) is 0 Å². The first kappa shape index (κ1) is 23.3. The smallest absolute Gasteiger partial charge is 0.271 e. The number of carbonyl (C=O) groups is 1. The lowest BCUT2D eigenvalue weighted by molar-refractivity contribution is -0.114. The fourth-order valence-corrected chi connectivity index (χ4v) is 5.95. The van der Waals surface area contributed by atoms with Gasteiger partial charge in [-0.3, -0.25) is 9.80 Å². The average Bonchev–Trinajstić information content (AvgIpc) is 3.46. The van der Waals surface area contributed by atoms with Gasteiger partial charge in [-0.25, -0.2) is 0 Å². The summed E-state index contributed by atoms with van der Waals surface area (Å²) in [4.78, 5) is 13.3. The third kappa shape index (κ3) is 4.96. The molecule has 1 N–H and O–H groups in total. The Morgan fingerprint density at radius 2 is 1.85 bits per heavy atom. The molecule has 1 aliphatic heterocycles. The lowest BCUT2D eigenvalue weighted by Gasteiger charge is -2.25. The van der Waals surface area contributed by atoms with E-state index in [0.717, 1.165) is 41.5 Å². The van der Waals surface area contributed by atoms with E-state index in [1.807, 2.05) is 35.3 Å². The summed E-state index contributed by atoms with van der Waals surface area (Å²) >= 11 is 12.7. The molecule has 178 valence electrons. The minimum absolute atomic E-state index is 0.132. The Kier molecular flexibility index (Phi) is 6.84. The predicted octanol–water partition coefficient (Wildman–Crippen LogP) is 6.91. The lowest BCUT2D eigenvalue weighted by atomic mass is 9.93. The molecule has 0 aromatic heterocycles. The van der Waals surface area contributed by atoms with Crippen molar-refractivity contribution in [1.82, 2.24) is 5.32 Å². The van der Waals surface area contributed by atoms with Crippen molar-refractivity contribution in [3.63, 3.8) is 0 Å². The van der Waals surface area contributed by atoms with Crippen LogP contribution in [0, 0.1) is 11.8 Å². The van der Waals surface area contributed by atoms with Gasteiger partial charge in [-0.2, -0.15) is 5.10 Å². The number of carbonyl (C=O) groups excluding carboxylic acids is 1. The number of nitrogens with one attached hydrogen (secondary N) is 1. The maximum absolute atomic E-state index is 13.3. The Morgan fingerprint density at radius 3 is 2.62 bits per heavy atom. The average molecular weight is 498 g/mol. The molecule has 0 radical (unpaired) electrons. The van der Waals surface area contributed by atoms with Gasteiger partial charge in [0.1, 0.15) is 11.5 Å². The summed E-state index contributed by atoms with van der Waals surface area (Å²) in [5.41, 5.74) is 3.29. The van der Waals surface area contributed by atoms with Crippen molar-refractivity contribution < 1.29 is 9.53 Å². The maximum atomic E-state index is 13.3. The van der Waals surface area contributed by atoms with Crippen LogP contribution in [0.15, 0.2) is 59.3 Å². The first-order chi connectivity index (χ1) is 16.5. The van der Waals surface area contributed by atoms with Crippen molar-refractivity contribution >= 4 is 40.5 Å². The molecule has 1 heterocycles. The van der Waals surface area contributed by atoms with Gasteiger partial charge in [0.15, 0.2) is 0 Å². The second-order valence-corrected chi connectivity index (χ2v) is 10.3. The molecule has 7 heteroatoms. The second-order valence-electron chi connectivity index (χ2n) is 9.49. The third-order valence-electron chi connectivity index (χ3n) is 7.23. The second kappa shape index (κ2) is 10.0. The van der Waals surface area contributed by atoms with Crippen LogP contribution < -0.4 is 15.1 Å². The number of anilines is 1. The normalized spacial score (nSPS) is 25.7. The van der Waals surface area contributed by atoms with Crippen molar-refractivity contribution in [2.24, 2.45) is 16.9 Å². The fraction of sp³-hybridized carbons (Fsp3) is 0.407. The van der Waals surface area contributed by atoms with Crippen LogP contribution in [0.5, 0.6) is 5.75 Å². The summed E-state index contributed by atoms with van der Waals surface area (Å²) in [6.07, 6.45) is 9.77. The van der Waals surface area contributed by atoms with E-state index < -0.39 is 0 Å². The molecule has 2 aliphatic carbocycles. The SMILES string of the molecule is COc1ccc(C2CC(C(=O)N/C3=C/CCC4CCC(C3)C4)=NN2c2ccc(Cl)cc2Cl)cc1. The summed E-state index contributed by atoms with van der Waals surface area (Å²) in [5.74, 6) is 2.19. The Hall–Kier alpha value is -2.50. The molecule has 3 atom stereocenters. The van der Waals surface area contributed by atoms with Crippen molar-refractivity contribution in [3.8, 4) is 5.75 Å². The van der Waals surface area contributed by atoms with Crippen LogP contribution >= 0.6 is 23.2 Å². The third-order valence-corrected chi connectivity index (χ3v) is 7.77. The summed E-state index contributed by atoms with van der Waals surface area (Å²) in [6.45, 7) is 0. The van der Waals surface area contributed by atoms with E-state index in [0.29, 0.717) is 28.1 Å². The molecule has 0 saturated heterocycles. The molecule has 2 bridgehead atoms. The summed E-state index contributed by atoms with van der Waals surface area (Å²) in [5, 5.41) is 10.8. The van der Waals surface area contributed by atoms with Gasteiger partial charge in [-0.15, -0.1) is 0 Å². The molecular weight excluding hydrogens is 469 g/mol. The number of halogens is 2. The van der Waals surface area contributed by atoms with Crippen LogP contribution in [0.2, 0.25) is 10.0 Å². The van der Waals surface area contributed by atoms with E-state index >= 15 is 0 Å². The van der Waals surface area contributed by atoms with Gasteiger partial charge >= 0.3 is 0 Å². The molecule has 1 saturated carbocycles. The van der Waals surface area contributed by atoms with Gasteiger partial charge in [0.2, 0.25) is 0 Å². The number of methoxy groups -OCH3 is 1. The quantitative estimate of drug-likeness (QED) is 0.488. The number of nitrogens with zero attached hydrogens (tertiary/aromatic N) is 2. The van der Waals surface area contributed by atoms with E-state index in [1.54, 1.807) is 19.2 Å². The Labute approximate surface area is 210 Å². The number of allylic oxidation sites excluding steroid dienone is 2. The van der Waals surface area contributed by atoms with E-state index in [9.17, 15) is 4.79 Å². The molecular formula is C27H29Cl2N3O2. The van der Waals surface area contributed by atoms with Crippen molar-refractivity contribution in [2.45, 2.75) is 51.0 Å². The first-order valence-electron chi connectivity index (χ1n) is 12.0. The Morgan fingerprint density at radius 1 is 1.06 bits per heavy atom. The molecule has 2 aromatic carbocycles. The highest BCUT2D eigenvalue weighted by Gasteiger charge is 2.34. The minimum Gasteiger partial charge on any atom is -0.497 e. The van der Waals surface area contributed by atoms with E-state index in [1.165, 1.54) is 25.7 Å². The highest BCUT2D eigenvalue weighted by atomic mass is 35.5. The van der Waals surface area contributed by atoms with Crippen molar-refractivity contribution in [2.75, 3.05) is 12.1 Å². The number of fused-ring (bicyclic) bond motifs is 2. The fourth-order valence-electron chi connectivity index (χ4n) is 5.46. The van der Waals surface area contributed by atoms with Crippen molar-refractivity contribution in [3.05, 3.63) is 69.8 Å². The zero-order valence-corrected chi connectivity index (χ0v) is 20.8. The van der Waals surface area contributed by atoms with E-state index in [2.05, 4.69) is 11.4 Å². The van der Waals surface area contributed by atoms with Crippen molar-refractivity contribution in [1.29, 1.82) is 0 Å². The first-order valence-corrected chi connectivity index (χ1v) is 12.7. The van der Waals surface area contributed by atoms with Crippen LogP contribution in [-0.2, 0) is 4.79 Å². The van der Waals surface area contributed by atoms with Gasteiger partial charge in [0.25, 0.3) is 5.91 Å².